The molecule has 4 rings (SSSR count). The van der Waals surface area contributed by atoms with Gasteiger partial charge in [-0.25, -0.2) is 0 Å². The Morgan fingerprint density at radius 2 is 1.85 bits per heavy atom. The molecule has 0 radical (unpaired) electrons. The number of nitrogens with one attached hydrogen (secondary N) is 2. The van der Waals surface area contributed by atoms with Gasteiger partial charge < -0.3 is 15.2 Å². The Bertz CT molecular complexity index is 756. The van der Waals surface area contributed by atoms with Crippen LogP contribution in [0.3, 0.4) is 0 Å². The lowest BCUT2D eigenvalue weighted by atomic mass is 9.95. The minimum absolute atomic E-state index is 0.0634. The van der Waals surface area contributed by atoms with E-state index < -0.39 is 0 Å². The molecule has 1 fully saturated rings. The lowest BCUT2D eigenvalue weighted by molar-refractivity contribution is 0.0952. The van der Waals surface area contributed by atoms with E-state index in [1.807, 2.05) is 6.07 Å². The van der Waals surface area contributed by atoms with Crippen LogP contribution in [-0.4, -0.2) is 42.0 Å². The molecule has 0 spiro atoms. The van der Waals surface area contributed by atoms with Crippen LogP contribution in [0.15, 0.2) is 18.2 Å². The number of rotatable bonds is 5. The molecule has 1 amide bonds. The minimum atomic E-state index is 0.0634. The van der Waals surface area contributed by atoms with Crippen molar-refractivity contribution in [2.24, 2.45) is 0 Å². The first kappa shape index (κ1) is 17.6. The van der Waals surface area contributed by atoms with E-state index in [0.29, 0.717) is 0 Å². The number of aromatic nitrogens is 1. The molecule has 1 aliphatic heterocycles. The van der Waals surface area contributed by atoms with Gasteiger partial charge >= 0.3 is 0 Å². The third-order valence-electron chi connectivity index (χ3n) is 6.00. The van der Waals surface area contributed by atoms with Gasteiger partial charge in [-0.1, -0.05) is 12.8 Å². The van der Waals surface area contributed by atoms with Gasteiger partial charge in [0.05, 0.1) is 0 Å². The van der Waals surface area contributed by atoms with Crippen LogP contribution in [0.4, 0.5) is 0 Å². The van der Waals surface area contributed by atoms with E-state index in [1.165, 1.54) is 73.8 Å². The molecule has 2 aromatic rings. The summed E-state index contributed by atoms with van der Waals surface area (Å²) < 4.78 is 0. The van der Waals surface area contributed by atoms with Crippen LogP contribution in [-0.2, 0) is 12.8 Å². The summed E-state index contributed by atoms with van der Waals surface area (Å²) in [5.74, 6) is 0.0634. The highest BCUT2D eigenvalue weighted by Crippen LogP contribution is 2.29. The van der Waals surface area contributed by atoms with Crippen molar-refractivity contribution in [1.82, 2.24) is 15.2 Å². The van der Waals surface area contributed by atoms with Crippen molar-refractivity contribution in [3.63, 3.8) is 0 Å². The van der Waals surface area contributed by atoms with Crippen molar-refractivity contribution in [1.29, 1.82) is 0 Å². The lowest BCUT2D eigenvalue weighted by Crippen LogP contribution is -2.30. The summed E-state index contributed by atoms with van der Waals surface area (Å²) in [5.41, 5.74) is 4.78. The highest BCUT2D eigenvalue weighted by atomic mass is 16.1. The van der Waals surface area contributed by atoms with Crippen LogP contribution in [0.2, 0.25) is 0 Å². The second kappa shape index (κ2) is 8.26. The molecule has 2 aliphatic rings. The smallest absolute Gasteiger partial charge is 0.251 e. The summed E-state index contributed by atoms with van der Waals surface area (Å²) in [5, 5.41) is 4.36. The Morgan fingerprint density at radius 1 is 1.04 bits per heavy atom. The molecule has 0 saturated carbocycles. The zero-order valence-electron chi connectivity index (χ0n) is 15.8. The van der Waals surface area contributed by atoms with Crippen molar-refractivity contribution < 1.29 is 4.79 Å². The van der Waals surface area contributed by atoms with E-state index in [9.17, 15) is 4.79 Å². The van der Waals surface area contributed by atoms with E-state index >= 15 is 0 Å². The topological polar surface area (TPSA) is 48.1 Å². The number of fused-ring (bicyclic) bond motifs is 3. The van der Waals surface area contributed by atoms with Crippen LogP contribution in [0.25, 0.3) is 10.9 Å². The highest BCUT2D eigenvalue weighted by molar-refractivity contribution is 5.99. The quantitative estimate of drug-likeness (QED) is 0.797. The molecule has 2 heterocycles. The predicted molar refractivity (Wildman–Crippen MR) is 107 cm³/mol. The third kappa shape index (κ3) is 3.96. The summed E-state index contributed by atoms with van der Waals surface area (Å²) >= 11 is 0. The number of benzene rings is 1. The second-order valence-electron chi connectivity index (χ2n) is 7.91. The largest absolute Gasteiger partial charge is 0.358 e. The molecule has 140 valence electrons. The van der Waals surface area contributed by atoms with Crippen LogP contribution >= 0.6 is 0 Å². The first-order chi connectivity index (χ1) is 12.8. The standard InChI is InChI=1S/C22H31N3O/c26-22(23-12-7-15-25-13-5-1-2-6-14-25)17-10-11-21-19(16-17)18-8-3-4-9-20(18)24-21/h10-11,16,24H,1-9,12-15H2,(H,23,26). The highest BCUT2D eigenvalue weighted by Gasteiger charge is 2.16. The molecule has 4 heteroatoms. The monoisotopic (exact) mass is 353 g/mol. The number of nitrogens with zero attached hydrogens (tertiary/aromatic N) is 1. The summed E-state index contributed by atoms with van der Waals surface area (Å²) in [6.07, 6.45) is 11.2. The maximum Gasteiger partial charge on any atom is 0.251 e. The number of carbonyl (C=O) groups is 1. The van der Waals surface area contributed by atoms with Gasteiger partial charge in [0.2, 0.25) is 0 Å². The number of H-pyrrole nitrogens is 1. The van der Waals surface area contributed by atoms with Gasteiger partial charge in [0.15, 0.2) is 0 Å². The van der Waals surface area contributed by atoms with Crippen molar-refractivity contribution in [2.45, 2.75) is 57.8 Å². The Kier molecular flexibility index (Phi) is 5.59. The summed E-state index contributed by atoms with van der Waals surface area (Å²) in [4.78, 5) is 18.6. The first-order valence-electron chi connectivity index (χ1n) is 10.5. The molecule has 1 saturated heterocycles. The van der Waals surface area contributed by atoms with E-state index in [0.717, 1.165) is 37.9 Å². The average Bonchev–Trinajstić information content (AvgIpc) is 2.84. The number of carbonyl (C=O) groups excluding carboxylic acids is 1. The Hall–Kier alpha value is -1.81. The Morgan fingerprint density at radius 3 is 2.69 bits per heavy atom. The summed E-state index contributed by atoms with van der Waals surface area (Å²) in [6.45, 7) is 4.32. The van der Waals surface area contributed by atoms with Crippen LogP contribution in [0.1, 0.15) is 66.6 Å². The molecular formula is C22H31N3O. The Labute approximate surface area is 156 Å². The summed E-state index contributed by atoms with van der Waals surface area (Å²) in [7, 11) is 0. The molecule has 0 bridgehead atoms. The zero-order valence-corrected chi connectivity index (χ0v) is 15.8. The Balaban J connectivity index is 1.33. The fourth-order valence-electron chi connectivity index (χ4n) is 4.51. The maximum atomic E-state index is 12.5. The molecule has 4 nitrogen and oxygen atoms in total. The van der Waals surface area contributed by atoms with Gasteiger partial charge in [0.25, 0.3) is 5.91 Å². The summed E-state index contributed by atoms with van der Waals surface area (Å²) in [6, 6.07) is 6.11. The van der Waals surface area contributed by atoms with Crippen molar-refractivity contribution in [3.05, 3.63) is 35.0 Å². The molecule has 0 atom stereocenters. The van der Waals surface area contributed by atoms with Gasteiger partial charge in [-0.3, -0.25) is 4.79 Å². The fraction of sp³-hybridized carbons (Fsp3) is 0.591. The van der Waals surface area contributed by atoms with Gasteiger partial charge in [-0.05, 0) is 88.3 Å². The third-order valence-corrected chi connectivity index (χ3v) is 6.00. The van der Waals surface area contributed by atoms with E-state index in [1.54, 1.807) is 0 Å². The van der Waals surface area contributed by atoms with Crippen LogP contribution < -0.4 is 5.32 Å². The van der Waals surface area contributed by atoms with Gasteiger partial charge in [-0.15, -0.1) is 0 Å². The SMILES string of the molecule is O=C(NCCCN1CCCCCC1)c1ccc2[nH]c3c(c2c1)CCCC3. The fourth-order valence-corrected chi connectivity index (χ4v) is 4.51. The lowest BCUT2D eigenvalue weighted by Gasteiger charge is -2.19. The van der Waals surface area contributed by atoms with Crippen molar-refractivity contribution in [3.8, 4) is 0 Å². The zero-order chi connectivity index (χ0) is 17.8. The molecule has 1 aliphatic carbocycles. The number of likely N-dealkylation sites (tertiary alicyclic amines) is 1. The second-order valence-corrected chi connectivity index (χ2v) is 7.91. The minimum Gasteiger partial charge on any atom is -0.358 e. The average molecular weight is 354 g/mol. The predicted octanol–water partition coefficient (Wildman–Crippen LogP) is 4.04. The molecule has 26 heavy (non-hydrogen) atoms. The number of amides is 1. The van der Waals surface area contributed by atoms with Crippen molar-refractivity contribution >= 4 is 16.8 Å². The van der Waals surface area contributed by atoms with Crippen LogP contribution in [0, 0.1) is 0 Å². The van der Waals surface area contributed by atoms with E-state index in [4.69, 9.17) is 0 Å². The number of hydrogen-bond acceptors (Lipinski definition) is 2. The number of aromatic amines is 1. The number of hydrogen-bond donors (Lipinski definition) is 2. The van der Waals surface area contributed by atoms with E-state index in [-0.39, 0.29) is 5.91 Å². The van der Waals surface area contributed by atoms with E-state index in [2.05, 4.69) is 27.3 Å². The molecule has 1 aromatic heterocycles. The first-order valence-corrected chi connectivity index (χ1v) is 10.5. The molecule has 1 aromatic carbocycles. The van der Waals surface area contributed by atoms with Gasteiger partial charge in [-0.2, -0.15) is 0 Å². The van der Waals surface area contributed by atoms with Crippen LogP contribution in [0.5, 0.6) is 0 Å². The molecule has 0 unspecified atom stereocenters. The number of aryl methyl sites for hydroxylation is 2. The van der Waals surface area contributed by atoms with Crippen molar-refractivity contribution in [2.75, 3.05) is 26.2 Å². The maximum absolute atomic E-state index is 12.5. The van der Waals surface area contributed by atoms with Gasteiger partial charge in [0.1, 0.15) is 0 Å². The molecule has 2 N–H and O–H groups in total. The molecular weight excluding hydrogens is 322 g/mol. The normalized spacial score (nSPS) is 18.5. The van der Waals surface area contributed by atoms with Gasteiger partial charge in [0, 0.05) is 28.7 Å².